The molecule has 0 bridgehead atoms. The van der Waals surface area contributed by atoms with E-state index in [4.69, 9.17) is 15.2 Å². The van der Waals surface area contributed by atoms with Gasteiger partial charge in [-0.2, -0.15) is 0 Å². The largest absolute Gasteiger partial charge is 0.373 e. The molecular formula is C12H26N2O2. The summed E-state index contributed by atoms with van der Waals surface area (Å²) >= 11 is 0. The van der Waals surface area contributed by atoms with Gasteiger partial charge < -0.3 is 20.1 Å². The lowest BCUT2D eigenvalue weighted by atomic mass is 9.97. The van der Waals surface area contributed by atoms with E-state index in [1.54, 1.807) is 0 Å². The molecule has 0 spiro atoms. The van der Waals surface area contributed by atoms with Gasteiger partial charge in [-0.15, -0.1) is 0 Å². The second-order valence-electron chi connectivity index (χ2n) is 4.66. The molecule has 0 aromatic rings. The molecule has 1 aliphatic heterocycles. The maximum atomic E-state index is 5.99. The second kappa shape index (κ2) is 6.55. The van der Waals surface area contributed by atoms with Crippen LogP contribution >= 0.6 is 0 Å². The van der Waals surface area contributed by atoms with Crippen LogP contribution in [0, 0.1) is 0 Å². The molecule has 96 valence electrons. The maximum Gasteiger partial charge on any atom is 0.0935 e. The predicted octanol–water partition coefficient (Wildman–Crippen LogP) is 0.851. The van der Waals surface area contributed by atoms with E-state index in [-0.39, 0.29) is 11.7 Å². The van der Waals surface area contributed by atoms with Gasteiger partial charge in [0.05, 0.1) is 24.9 Å². The lowest BCUT2D eigenvalue weighted by Gasteiger charge is -2.35. The smallest absolute Gasteiger partial charge is 0.0935 e. The van der Waals surface area contributed by atoms with E-state index >= 15 is 0 Å². The van der Waals surface area contributed by atoms with Gasteiger partial charge in [0.1, 0.15) is 0 Å². The molecule has 0 saturated carbocycles. The third-order valence-electron chi connectivity index (χ3n) is 3.58. The van der Waals surface area contributed by atoms with Crippen LogP contribution in [0.15, 0.2) is 0 Å². The quantitative estimate of drug-likeness (QED) is 0.735. The fourth-order valence-corrected chi connectivity index (χ4v) is 2.04. The Morgan fingerprint density at radius 1 is 1.44 bits per heavy atom. The van der Waals surface area contributed by atoms with Crippen molar-refractivity contribution in [1.29, 1.82) is 0 Å². The standard InChI is InChI=1S/C12H26N2O2/c1-4-12(5-2,10-13)16-9-11-8-14(3)6-7-15-11/h11H,4-10,13H2,1-3H3. The van der Waals surface area contributed by atoms with E-state index < -0.39 is 0 Å². The van der Waals surface area contributed by atoms with Crippen molar-refractivity contribution in [1.82, 2.24) is 4.90 Å². The zero-order chi connectivity index (χ0) is 12.0. The first kappa shape index (κ1) is 13.9. The van der Waals surface area contributed by atoms with Crippen LogP contribution in [0.3, 0.4) is 0 Å². The Bertz CT molecular complexity index is 187. The summed E-state index contributed by atoms with van der Waals surface area (Å²) in [6.45, 7) is 8.27. The molecule has 2 N–H and O–H groups in total. The molecule has 1 unspecified atom stereocenters. The van der Waals surface area contributed by atoms with Crippen LogP contribution in [0.2, 0.25) is 0 Å². The Labute approximate surface area is 99.1 Å². The maximum absolute atomic E-state index is 5.99. The van der Waals surface area contributed by atoms with E-state index in [0.29, 0.717) is 13.2 Å². The summed E-state index contributed by atoms with van der Waals surface area (Å²) < 4.78 is 11.7. The van der Waals surface area contributed by atoms with Crippen LogP contribution in [0.25, 0.3) is 0 Å². The van der Waals surface area contributed by atoms with Crippen molar-refractivity contribution in [3.05, 3.63) is 0 Å². The molecule has 1 saturated heterocycles. The van der Waals surface area contributed by atoms with Crippen molar-refractivity contribution in [2.75, 3.05) is 39.9 Å². The number of rotatable bonds is 6. The topological polar surface area (TPSA) is 47.7 Å². The molecule has 0 aromatic heterocycles. The van der Waals surface area contributed by atoms with Crippen molar-refractivity contribution in [3.63, 3.8) is 0 Å². The summed E-state index contributed by atoms with van der Waals surface area (Å²) in [5.74, 6) is 0. The van der Waals surface area contributed by atoms with Crippen LogP contribution in [-0.4, -0.2) is 56.5 Å². The summed E-state index contributed by atoms with van der Waals surface area (Å²) in [5, 5.41) is 0. The van der Waals surface area contributed by atoms with Gasteiger partial charge >= 0.3 is 0 Å². The Hall–Kier alpha value is -0.160. The van der Waals surface area contributed by atoms with Gasteiger partial charge in [-0.3, -0.25) is 0 Å². The summed E-state index contributed by atoms with van der Waals surface area (Å²) in [7, 11) is 2.12. The number of morpholine rings is 1. The van der Waals surface area contributed by atoms with Crippen molar-refractivity contribution in [2.24, 2.45) is 5.73 Å². The minimum atomic E-state index is -0.153. The first-order valence-corrected chi connectivity index (χ1v) is 6.30. The molecule has 1 rings (SSSR count). The minimum Gasteiger partial charge on any atom is -0.373 e. The third kappa shape index (κ3) is 3.70. The zero-order valence-corrected chi connectivity index (χ0v) is 10.9. The Kier molecular flexibility index (Phi) is 5.69. The molecule has 0 radical (unpaired) electrons. The summed E-state index contributed by atoms with van der Waals surface area (Å²) in [6.07, 6.45) is 2.12. The van der Waals surface area contributed by atoms with Crippen molar-refractivity contribution < 1.29 is 9.47 Å². The number of ether oxygens (including phenoxy) is 2. The molecular weight excluding hydrogens is 204 g/mol. The third-order valence-corrected chi connectivity index (χ3v) is 3.58. The van der Waals surface area contributed by atoms with E-state index in [1.807, 2.05) is 0 Å². The van der Waals surface area contributed by atoms with Gasteiger partial charge in [0.15, 0.2) is 0 Å². The number of hydrogen-bond acceptors (Lipinski definition) is 4. The average Bonchev–Trinajstić information content (AvgIpc) is 2.32. The number of likely N-dealkylation sites (N-methyl/N-ethyl adjacent to an activating group) is 1. The SMILES string of the molecule is CCC(CC)(CN)OCC1CN(C)CCO1. The van der Waals surface area contributed by atoms with Crippen molar-refractivity contribution >= 4 is 0 Å². The summed E-state index contributed by atoms with van der Waals surface area (Å²) in [5.41, 5.74) is 5.64. The first-order chi connectivity index (χ1) is 7.65. The first-order valence-electron chi connectivity index (χ1n) is 6.30. The lowest BCUT2D eigenvalue weighted by molar-refractivity contribution is -0.116. The highest BCUT2D eigenvalue weighted by atomic mass is 16.5. The highest BCUT2D eigenvalue weighted by Crippen LogP contribution is 2.20. The molecule has 0 aromatic carbocycles. The normalized spacial score (nSPS) is 23.6. The van der Waals surface area contributed by atoms with Gasteiger partial charge in [-0.1, -0.05) is 13.8 Å². The van der Waals surface area contributed by atoms with Gasteiger partial charge in [0, 0.05) is 19.6 Å². The molecule has 1 heterocycles. The fraction of sp³-hybridized carbons (Fsp3) is 1.00. The van der Waals surface area contributed by atoms with Gasteiger partial charge in [-0.25, -0.2) is 0 Å². The second-order valence-corrected chi connectivity index (χ2v) is 4.66. The van der Waals surface area contributed by atoms with Crippen molar-refractivity contribution in [2.45, 2.75) is 38.4 Å². The highest BCUT2D eigenvalue weighted by Gasteiger charge is 2.27. The summed E-state index contributed by atoms with van der Waals surface area (Å²) in [4.78, 5) is 2.28. The monoisotopic (exact) mass is 230 g/mol. The Balaban J connectivity index is 2.36. The average molecular weight is 230 g/mol. The van der Waals surface area contributed by atoms with Gasteiger partial charge in [0.25, 0.3) is 0 Å². The Morgan fingerprint density at radius 2 is 2.12 bits per heavy atom. The molecule has 1 atom stereocenters. The minimum absolute atomic E-state index is 0.153. The fourth-order valence-electron chi connectivity index (χ4n) is 2.04. The molecule has 0 aliphatic carbocycles. The summed E-state index contributed by atoms with van der Waals surface area (Å²) in [6, 6.07) is 0. The molecule has 16 heavy (non-hydrogen) atoms. The van der Waals surface area contributed by atoms with Crippen LogP contribution in [0.5, 0.6) is 0 Å². The van der Waals surface area contributed by atoms with Crippen molar-refractivity contribution in [3.8, 4) is 0 Å². The van der Waals surface area contributed by atoms with Crippen LogP contribution in [0.1, 0.15) is 26.7 Å². The molecule has 4 nitrogen and oxygen atoms in total. The lowest BCUT2D eigenvalue weighted by Crippen LogP contribution is -2.46. The Morgan fingerprint density at radius 3 is 2.62 bits per heavy atom. The van der Waals surface area contributed by atoms with Crippen LogP contribution < -0.4 is 5.73 Å². The van der Waals surface area contributed by atoms with E-state index in [0.717, 1.165) is 32.5 Å². The van der Waals surface area contributed by atoms with E-state index in [2.05, 4.69) is 25.8 Å². The molecule has 1 fully saturated rings. The van der Waals surface area contributed by atoms with E-state index in [9.17, 15) is 0 Å². The number of nitrogens with zero attached hydrogens (tertiary/aromatic N) is 1. The number of hydrogen-bond donors (Lipinski definition) is 1. The predicted molar refractivity (Wildman–Crippen MR) is 65.6 cm³/mol. The van der Waals surface area contributed by atoms with E-state index in [1.165, 1.54) is 0 Å². The van der Waals surface area contributed by atoms with Gasteiger partial charge in [-0.05, 0) is 19.9 Å². The molecule has 1 aliphatic rings. The molecule has 0 amide bonds. The van der Waals surface area contributed by atoms with Crippen LogP contribution in [-0.2, 0) is 9.47 Å². The molecule has 4 heteroatoms. The van der Waals surface area contributed by atoms with Gasteiger partial charge in [0.2, 0.25) is 0 Å². The number of nitrogens with two attached hydrogens (primary N) is 1. The zero-order valence-electron chi connectivity index (χ0n) is 10.9. The van der Waals surface area contributed by atoms with Crippen LogP contribution in [0.4, 0.5) is 0 Å². The highest BCUT2D eigenvalue weighted by molar-refractivity contribution is 4.80.